The predicted octanol–water partition coefficient (Wildman–Crippen LogP) is 4.86. The third kappa shape index (κ3) is 4.40. The first kappa shape index (κ1) is 20.2. The van der Waals surface area contributed by atoms with Crippen LogP contribution < -0.4 is 10.6 Å². The van der Waals surface area contributed by atoms with Gasteiger partial charge in [-0.15, -0.1) is 23.5 Å². The van der Waals surface area contributed by atoms with Gasteiger partial charge in [-0.2, -0.15) is 13.2 Å². The summed E-state index contributed by atoms with van der Waals surface area (Å²) in [5.41, 5.74) is 0.384. The fourth-order valence-electron chi connectivity index (χ4n) is 3.37. The van der Waals surface area contributed by atoms with E-state index in [1.165, 1.54) is 6.07 Å². The van der Waals surface area contributed by atoms with Crippen molar-refractivity contribution in [2.75, 3.05) is 11.1 Å². The van der Waals surface area contributed by atoms with E-state index in [9.17, 15) is 22.8 Å². The second kappa shape index (κ2) is 7.95. The van der Waals surface area contributed by atoms with Gasteiger partial charge in [-0.1, -0.05) is 18.2 Å². The molecule has 2 aromatic rings. The number of carbonyl (C=O) groups excluding carboxylic acids is 2. The summed E-state index contributed by atoms with van der Waals surface area (Å²) in [5.74, 6) is 0.187. The largest absolute Gasteiger partial charge is 0.416 e. The zero-order valence-corrected chi connectivity index (χ0v) is 16.7. The van der Waals surface area contributed by atoms with Gasteiger partial charge in [0.25, 0.3) is 0 Å². The third-order valence-corrected chi connectivity index (χ3v) is 7.19. The molecule has 0 bridgehead atoms. The van der Waals surface area contributed by atoms with E-state index in [1.54, 1.807) is 11.8 Å². The number of carbonyl (C=O) groups is 2. The van der Waals surface area contributed by atoms with Crippen molar-refractivity contribution in [2.24, 2.45) is 0 Å². The molecule has 2 N–H and O–H groups in total. The van der Waals surface area contributed by atoms with E-state index in [0.29, 0.717) is 4.90 Å². The number of thioether (sulfide) groups is 2. The van der Waals surface area contributed by atoms with Crippen LogP contribution in [0.15, 0.2) is 52.3 Å². The number of amides is 2. The quantitative estimate of drug-likeness (QED) is 0.719. The average molecular weight is 438 g/mol. The maximum Gasteiger partial charge on any atom is 0.416 e. The Morgan fingerprint density at radius 1 is 1.17 bits per heavy atom. The molecule has 0 saturated carbocycles. The minimum absolute atomic E-state index is 0.0389. The Hall–Kier alpha value is -2.13. The fraction of sp³-hybridized carbons (Fsp3) is 0.300. The van der Waals surface area contributed by atoms with E-state index in [4.69, 9.17) is 0 Å². The molecule has 0 unspecified atom stereocenters. The molecule has 0 saturated heterocycles. The van der Waals surface area contributed by atoms with Gasteiger partial charge >= 0.3 is 6.18 Å². The first-order valence-electron chi connectivity index (χ1n) is 9.01. The molecule has 4 rings (SSSR count). The van der Waals surface area contributed by atoms with Gasteiger partial charge in [0.1, 0.15) is 0 Å². The summed E-state index contributed by atoms with van der Waals surface area (Å²) in [6.45, 7) is 0. The lowest BCUT2D eigenvalue weighted by molar-refractivity contribution is -0.137. The summed E-state index contributed by atoms with van der Waals surface area (Å²) in [6.07, 6.45) is -3.71. The van der Waals surface area contributed by atoms with Crippen LogP contribution in [0.4, 0.5) is 18.9 Å². The van der Waals surface area contributed by atoms with E-state index in [1.807, 2.05) is 24.3 Å². The minimum Gasteiger partial charge on any atom is -0.349 e. The van der Waals surface area contributed by atoms with Crippen molar-refractivity contribution in [2.45, 2.75) is 40.1 Å². The highest BCUT2D eigenvalue weighted by Gasteiger charge is 2.34. The van der Waals surface area contributed by atoms with Crippen LogP contribution in [-0.4, -0.2) is 22.8 Å². The van der Waals surface area contributed by atoms with Crippen molar-refractivity contribution in [3.8, 4) is 0 Å². The van der Waals surface area contributed by atoms with Crippen molar-refractivity contribution in [3.63, 3.8) is 0 Å². The van der Waals surface area contributed by atoms with Crippen LogP contribution in [0.3, 0.4) is 0 Å². The second-order valence-electron chi connectivity index (χ2n) is 6.80. The van der Waals surface area contributed by atoms with Crippen molar-refractivity contribution < 1.29 is 22.8 Å². The number of anilines is 1. The molecule has 152 valence electrons. The Morgan fingerprint density at radius 3 is 2.76 bits per heavy atom. The Kier molecular flexibility index (Phi) is 5.52. The Labute approximate surface area is 174 Å². The van der Waals surface area contributed by atoms with Crippen LogP contribution in [0, 0.1) is 0 Å². The lowest BCUT2D eigenvalue weighted by atomic mass is 10.0. The minimum atomic E-state index is -4.48. The van der Waals surface area contributed by atoms with Gasteiger partial charge in [0.15, 0.2) is 0 Å². The SMILES string of the molecule is O=C(C[C@@H]1Sc2ccc(C(F)(F)F)cc2NC1=O)N[C@H]1CCSc2ccccc21. The molecule has 2 atom stereocenters. The molecule has 2 aromatic carbocycles. The number of halogens is 3. The lowest BCUT2D eigenvalue weighted by Gasteiger charge is -2.28. The van der Waals surface area contributed by atoms with Gasteiger partial charge in [-0.3, -0.25) is 9.59 Å². The number of rotatable bonds is 3. The summed E-state index contributed by atoms with van der Waals surface area (Å²) in [4.78, 5) is 26.6. The van der Waals surface area contributed by atoms with Crippen LogP contribution in [0.25, 0.3) is 0 Å². The van der Waals surface area contributed by atoms with Crippen LogP contribution in [0.5, 0.6) is 0 Å². The predicted molar refractivity (Wildman–Crippen MR) is 107 cm³/mol. The number of hydrogen-bond acceptors (Lipinski definition) is 4. The van der Waals surface area contributed by atoms with Crippen molar-refractivity contribution in [3.05, 3.63) is 53.6 Å². The van der Waals surface area contributed by atoms with E-state index in [-0.39, 0.29) is 24.1 Å². The van der Waals surface area contributed by atoms with E-state index in [0.717, 1.165) is 46.5 Å². The van der Waals surface area contributed by atoms with Gasteiger partial charge in [0, 0.05) is 22.0 Å². The lowest BCUT2D eigenvalue weighted by Crippen LogP contribution is -2.37. The van der Waals surface area contributed by atoms with E-state index < -0.39 is 22.9 Å². The van der Waals surface area contributed by atoms with Gasteiger partial charge in [-0.25, -0.2) is 0 Å². The van der Waals surface area contributed by atoms with Crippen LogP contribution in [0.1, 0.15) is 30.0 Å². The fourth-order valence-corrected chi connectivity index (χ4v) is 5.59. The maximum atomic E-state index is 12.9. The number of fused-ring (bicyclic) bond motifs is 2. The summed E-state index contributed by atoms with van der Waals surface area (Å²) in [5, 5.41) is 4.82. The molecule has 0 fully saturated rings. The molecule has 0 aliphatic carbocycles. The van der Waals surface area contributed by atoms with Gasteiger partial charge in [0.05, 0.1) is 22.5 Å². The maximum absolute atomic E-state index is 12.9. The number of hydrogen-bond donors (Lipinski definition) is 2. The Balaban J connectivity index is 1.43. The molecule has 2 aliphatic rings. The first-order valence-corrected chi connectivity index (χ1v) is 10.9. The topological polar surface area (TPSA) is 58.2 Å². The normalized spacial score (nSPS) is 21.0. The van der Waals surface area contributed by atoms with E-state index in [2.05, 4.69) is 10.6 Å². The zero-order chi connectivity index (χ0) is 20.6. The molecule has 0 aromatic heterocycles. The van der Waals surface area contributed by atoms with E-state index >= 15 is 0 Å². The average Bonchev–Trinajstić information content (AvgIpc) is 2.68. The molecular weight excluding hydrogens is 421 g/mol. The molecule has 0 spiro atoms. The monoisotopic (exact) mass is 438 g/mol. The molecule has 4 nitrogen and oxygen atoms in total. The molecule has 2 heterocycles. The van der Waals surface area contributed by atoms with Gasteiger partial charge < -0.3 is 10.6 Å². The van der Waals surface area contributed by atoms with Crippen molar-refractivity contribution in [1.29, 1.82) is 0 Å². The molecule has 29 heavy (non-hydrogen) atoms. The number of alkyl halides is 3. The van der Waals surface area contributed by atoms with Crippen molar-refractivity contribution in [1.82, 2.24) is 5.32 Å². The number of benzene rings is 2. The summed E-state index contributed by atoms with van der Waals surface area (Å²) in [6, 6.07) is 11.0. The Morgan fingerprint density at radius 2 is 1.97 bits per heavy atom. The molecule has 2 amide bonds. The molecular formula is C20H17F3N2O2S2. The number of nitrogens with one attached hydrogen (secondary N) is 2. The molecule has 2 aliphatic heterocycles. The van der Waals surface area contributed by atoms with Gasteiger partial charge in [-0.05, 0) is 36.2 Å². The highest BCUT2D eigenvalue weighted by atomic mass is 32.2. The van der Waals surface area contributed by atoms with Gasteiger partial charge in [0.2, 0.25) is 11.8 Å². The molecule has 9 heteroatoms. The standard InChI is InChI=1S/C20H17F3N2O2S2/c21-20(22,23)11-5-6-16-14(9-11)25-19(27)17(29-16)10-18(26)24-13-7-8-28-15-4-2-1-3-12(13)15/h1-6,9,13,17H,7-8,10H2,(H,24,26)(H,25,27)/t13-,17-/m0/s1. The first-order chi connectivity index (χ1) is 13.8. The summed E-state index contributed by atoms with van der Waals surface area (Å²) >= 11 is 2.87. The highest BCUT2D eigenvalue weighted by molar-refractivity contribution is 8.01. The van der Waals surface area contributed by atoms with Crippen LogP contribution in [-0.2, 0) is 15.8 Å². The zero-order valence-electron chi connectivity index (χ0n) is 15.1. The third-order valence-electron chi connectivity index (χ3n) is 4.79. The van der Waals surface area contributed by atoms with Crippen LogP contribution >= 0.6 is 23.5 Å². The second-order valence-corrected chi connectivity index (χ2v) is 9.18. The smallest absolute Gasteiger partial charge is 0.349 e. The highest BCUT2D eigenvalue weighted by Crippen LogP contribution is 2.41. The molecule has 0 radical (unpaired) electrons. The van der Waals surface area contributed by atoms with Crippen molar-refractivity contribution >= 4 is 41.0 Å². The Bertz CT molecular complexity index is 965. The summed E-state index contributed by atoms with van der Waals surface area (Å²) < 4.78 is 38.6. The van der Waals surface area contributed by atoms with Crippen LogP contribution in [0.2, 0.25) is 0 Å². The summed E-state index contributed by atoms with van der Waals surface area (Å²) in [7, 11) is 0.